The van der Waals surface area contributed by atoms with Gasteiger partial charge in [-0.05, 0) is 20.3 Å². The predicted molar refractivity (Wildman–Crippen MR) is 76.2 cm³/mol. The standard InChI is InChI=1S/C15H19F4NO4/c1-4-7-8(14(21)23-5-2)10(12(16)17)20-11(13(18)19)9(7)15(22)24-6-3/h7,12-13,20H,4-6H2,1-3H3. The van der Waals surface area contributed by atoms with Gasteiger partial charge in [-0.2, -0.15) is 0 Å². The molecule has 1 aliphatic heterocycles. The number of carbonyl (C=O) groups is 2. The average Bonchev–Trinajstić information content (AvgIpc) is 2.52. The number of carbonyl (C=O) groups excluding carboxylic acids is 2. The fourth-order valence-electron chi connectivity index (χ4n) is 2.47. The number of halogens is 4. The zero-order valence-electron chi connectivity index (χ0n) is 13.5. The van der Waals surface area contributed by atoms with Crippen LogP contribution < -0.4 is 5.32 Å². The molecular formula is C15H19F4NO4. The van der Waals surface area contributed by atoms with Crippen LogP contribution in [-0.4, -0.2) is 38.0 Å². The Kier molecular flexibility index (Phi) is 7.24. The third-order valence-corrected chi connectivity index (χ3v) is 3.38. The van der Waals surface area contributed by atoms with Gasteiger partial charge in [0.15, 0.2) is 0 Å². The third kappa shape index (κ3) is 4.07. The number of alkyl halides is 4. The van der Waals surface area contributed by atoms with E-state index in [0.717, 1.165) is 0 Å². The first-order chi connectivity index (χ1) is 11.3. The first kappa shape index (κ1) is 20.0. The maximum absolute atomic E-state index is 13.3. The van der Waals surface area contributed by atoms with Crippen LogP contribution in [0.4, 0.5) is 17.6 Å². The maximum Gasteiger partial charge on any atom is 0.336 e. The molecule has 1 N–H and O–H groups in total. The summed E-state index contributed by atoms with van der Waals surface area (Å²) in [6.45, 7) is 4.26. The number of rotatable bonds is 7. The second kappa shape index (κ2) is 8.70. The van der Waals surface area contributed by atoms with Crippen molar-refractivity contribution < 1.29 is 36.6 Å². The van der Waals surface area contributed by atoms with E-state index in [4.69, 9.17) is 9.47 Å². The van der Waals surface area contributed by atoms with Gasteiger partial charge in [-0.25, -0.2) is 27.2 Å². The van der Waals surface area contributed by atoms with Gasteiger partial charge < -0.3 is 14.8 Å². The van der Waals surface area contributed by atoms with E-state index in [1.165, 1.54) is 20.8 Å². The molecule has 0 atom stereocenters. The van der Waals surface area contributed by atoms with Gasteiger partial charge in [-0.3, -0.25) is 0 Å². The molecule has 1 aliphatic rings. The van der Waals surface area contributed by atoms with Gasteiger partial charge in [-0.15, -0.1) is 0 Å². The van der Waals surface area contributed by atoms with Crippen molar-refractivity contribution in [2.45, 2.75) is 40.0 Å². The number of esters is 2. The summed E-state index contributed by atoms with van der Waals surface area (Å²) in [5.41, 5.74) is -2.99. The van der Waals surface area contributed by atoms with Gasteiger partial charge in [0, 0.05) is 5.92 Å². The number of ether oxygens (including phenoxy) is 2. The van der Waals surface area contributed by atoms with E-state index in [1.807, 2.05) is 5.32 Å². The molecule has 0 fully saturated rings. The minimum absolute atomic E-state index is 0.0313. The first-order valence-corrected chi connectivity index (χ1v) is 7.45. The van der Waals surface area contributed by atoms with Crippen LogP contribution in [0.1, 0.15) is 27.2 Å². The van der Waals surface area contributed by atoms with Gasteiger partial charge >= 0.3 is 11.9 Å². The Morgan fingerprint density at radius 3 is 1.54 bits per heavy atom. The lowest BCUT2D eigenvalue weighted by Crippen LogP contribution is -2.39. The van der Waals surface area contributed by atoms with E-state index in [-0.39, 0.29) is 19.6 Å². The Bertz CT molecular complexity index is 512. The van der Waals surface area contributed by atoms with Crippen LogP contribution in [-0.2, 0) is 19.1 Å². The summed E-state index contributed by atoms with van der Waals surface area (Å²) in [4.78, 5) is 24.1. The quantitative estimate of drug-likeness (QED) is 0.563. The first-order valence-electron chi connectivity index (χ1n) is 7.45. The van der Waals surface area contributed by atoms with Crippen LogP contribution in [0.3, 0.4) is 0 Å². The summed E-state index contributed by atoms with van der Waals surface area (Å²) in [6, 6.07) is 0. The molecule has 0 aromatic carbocycles. The molecule has 0 bridgehead atoms. The normalized spacial score (nSPS) is 15.9. The fraction of sp³-hybridized carbons (Fsp3) is 0.600. The molecule has 0 saturated carbocycles. The van der Waals surface area contributed by atoms with Crippen LogP contribution >= 0.6 is 0 Å². The fourth-order valence-corrected chi connectivity index (χ4v) is 2.47. The lowest BCUT2D eigenvalue weighted by Gasteiger charge is -2.31. The highest BCUT2D eigenvalue weighted by atomic mass is 19.3. The van der Waals surface area contributed by atoms with Crippen LogP contribution in [0.5, 0.6) is 0 Å². The van der Waals surface area contributed by atoms with Crippen molar-refractivity contribution in [3.63, 3.8) is 0 Å². The lowest BCUT2D eigenvalue weighted by atomic mass is 9.83. The van der Waals surface area contributed by atoms with E-state index in [2.05, 4.69) is 0 Å². The zero-order valence-corrected chi connectivity index (χ0v) is 13.5. The minimum atomic E-state index is -3.21. The van der Waals surface area contributed by atoms with E-state index in [1.54, 1.807) is 0 Å². The summed E-state index contributed by atoms with van der Waals surface area (Å²) in [6.07, 6.45) is -6.46. The largest absolute Gasteiger partial charge is 0.463 e. The van der Waals surface area contributed by atoms with E-state index in [0.29, 0.717) is 0 Å². The minimum Gasteiger partial charge on any atom is -0.463 e. The Morgan fingerprint density at radius 1 is 0.917 bits per heavy atom. The van der Waals surface area contributed by atoms with Crippen molar-refractivity contribution in [1.29, 1.82) is 0 Å². The molecule has 0 radical (unpaired) electrons. The summed E-state index contributed by atoms with van der Waals surface area (Å²) >= 11 is 0. The summed E-state index contributed by atoms with van der Waals surface area (Å²) < 4.78 is 62.6. The van der Waals surface area contributed by atoms with Crippen LogP contribution in [0, 0.1) is 5.92 Å². The number of dihydropyridines is 1. The molecule has 5 nitrogen and oxygen atoms in total. The molecule has 136 valence electrons. The molecule has 1 heterocycles. The van der Waals surface area contributed by atoms with Crippen molar-refractivity contribution in [2.75, 3.05) is 13.2 Å². The Labute approximate surface area is 136 Å². The second-order valence-corrected chi connectivity index (χ2v) is 4.78. The number of allylic oxidation sites excluding steroid dienone is 2. The number of hydrogen-bond donors (Lipinski definition) is 1. The molecule has 0 saturated heterocycles. The molecular weight excluding hydrogens is 334 g/mol. The van der Waals surface area contributed by atoms with E-state index >= 15 is 0 Å². The van der Waals surface area contributed by atoms with E-state index < -0.39 is 53.2 Å². The van der Waals surface area contributed by atoms with Crippen molar-refractivity contribution >= 4 is 11.9 Å². The van der Waals surface area contributed by atoms with Gasteiger partial charge in [0.2, 0.25) is 0 Å². The SMILES string of the molecule is CCOC(=O)C1=C(C(F)F)NC(C(F)F)=C(C(=O)OCC)C1CC. The number of hydrogen-bond acceptors (Lipinski definition) is 5. The zero-order chi connectivity index (χ0) is 18.4. The van der Waals surface area contributed by atoms with Gasteiger partial charge in [-0.1, -0.05) is 6.92 Å². The van der Waals surface area contributed by atoms with Crippen LogP contribution in [0.25, 0.3) is 0 Å². The van der Waals surface area contributed by atoms with Crippen molar-refractivity contribution in [1.82, 2.24) is 5.32 Å². The highest BCUT2D eigenvalue weighted by molar-refractivity contribution is 5.98. The molecule has 0 aromatic heterocycles. The van der Waals surface area contributed by atoms with Crippen molar-refractivity contribution in [3.05, 3.63) is 22.5 Å². The molecule has 0 unspecified atom stereocenters. The summed E-state index contributed by atoms with van der Waals surface area (Å²) in [5, 5.41) is 1.85. The molecule has 1 rings (SSSR count). The van der Waals surface area contributed by atoms with Gasteiger partial charge in [0.05, 0.1) is 35.8 Å². The molecule has 0 aliphatic carbocycles. The molecule has 0 spiro atoms. The smallest absolute Gasteiger partial charge is 0.336 e. The lowest BCUT2D eigenvalue weighted by molar-refractivity contribution is -0.140. The molecule has 24 heavy (non-hydrogen) atoms. The maximum atomic E-state index is 13.3. The Morgan fingerprint density at radius 2 is 1.29 bits per heavy atom. The van der Waals surface area contributed by atoms with Gasteiger partial charge in [0.1, 0.15) is 0 Å². The summed E-state index contributed by atoms with van der Waals surface area (Å²) in [5.74, 6) is -3.43. The third-order valence-electron chi connectivity index (χ3n) is 3.38. The number of nitrogens with one attached hydrogen (secondary N) is 1. The Balaban J connectivity index is 3.52. The topological polar surface area (TPSA) is 64.6 Å². The highest BCUT2D eigenvalue weighted by Gasteiger charge is 2.42. The average molecular weight is 353 g/mol. The monoisotopic (exact) mass is 353 g/mol. The Hall–Kier alpha value is -2.06. The second-order valence-electron chi connectivity index (χ2n) is 4.78. The van der Waals surface area contributed by atoms with Crippen LogP contribution in [0.2, 0.25) is 0 Å². The molecule has 0 amide bonds. The molecule has 0 aromatic rings. The van der Waals surface area contributed by atoms with Gasteiger partial charge in [0.25, 0.3) is 12.9 Å². The predicted octanol–water partition coefficient (Wildman–Crippen LogP) is 2.78. The van der Waals surface area contributed by atoms with E-state index in [9.17, 15) is 27.2 Å². The van der Waals surface area contributed by atoms with Crippen LogP contribution in [0.15, 0.2) is 22.5 Å². The van der Waals surface area contributed by atoms with Crippen molar-refractivity contribution in [2.24, 2.45) is 5.92 Å². The van der Waals surface area contributed by atoms with Crippen molar-refractivity contribution in [3.8, 4) is 0 Å². The summed E-state index contributed by atoms with van der Waals surface area (Å²) in [7, 11) is 0. The highest BCUT2D eigenvalue weighted by Crippen LogP contribution is 2.37. The molecule has 9 heteroatoms.